The third-order valence-electron chi connectivity index (χ3n) is 1.97. The number of hydrogen-bond donors (Lipinski definition) is 0. The highest BCUT2D eigenvalue weighted by molar-refractivity contribution is 5.14. The molecule has 0 aliphatic heterocycles. The van der Waals surface area contributed by atoms with Crippen LogP contribution in [0.1, 0.15) is 32.2 Å². The minimum absolute atomic E-state index is 0.0411. The van der Waals surface area contributed by atoms with Gasteiger partial charge in [-0.25, -0.2) is 4.68 Å². The Balaban J connectivity index is 3.12. The molecule has 6 heteroatoms. The first kappa shape index (κ1) is 12.0. The van der Waals surface area contributed by atoms with Gasteiger partial charge in [-0.05, 0) is 19.3 Å². The molecule has 0 bridgehead atoms. The van der Waals surface area contributed by atoms with Crippen LogP contribution < -0.4 is 0 Å². The number of rotatable bonds is 3. The molecule has 0 aromatic carbocycles. The second-order valence-electron chi connectivity index (χ2n) is 3.80. The van der Waals surface area contributed by atoms with Gasteiger partial charge in [0.2, 0.25) is 0 Å². The largest absolute Gasteiger partial charge is 0.434 e. The molecule has 1 aromatic rings. The van der Waals surface area contributed by atoms with Gasteiger partial charge in [-0.2, -0.15) is 13.2 Å². The molecule has 0 radical (unpaired) electrons. The van der Waals surface area contributed by atoms with Gasteiger partial charge in [-0.1, -0.05) is 19.1 Å². The maximum atomic E-state index is 12.7. The van der Waals surface area contributed by atoms with Gasteiger partial charge < -0.3 is 0 Å². The fraction of sp³-hybridized carbons (Fsp3) is 0.778. The van der Waals surface area contributed by atoms with Crippen molar-refractivity contribution >= 4 is 0 Å². The van der Waals surface area contributed by atoms with Crippen molar-refractivity contribution in [3.05, 3.63) is 11.4 Å². The molecule has 0 fully saturated rings. The van der Waals surface area contributed by atoms with Crippen molar-refractivity contribution in [2.75, 3.05) is 0 Å². The molecule has 0 spiro atoms. The summed E-state index contributed by atoms with van der Waals surface area (Å²) in [5, 5.41) is 7.09. The maximum Gasteiger partial charge on any atom is 0.434 e. The second kappa shape index (κ2) is 4.20. The lowest BCUT2D eigenvalue weighted by atomic mass is 10.1. The van der Waals surface area contributed by atoms with Crippen LogP contribution in [-0.2, 0) is 19.1 Å². The Labute approximate surface area is 86.3 Å². The third kappa shape index (κ3) is 2.70. The number of aromatic nitrogens is 3. The van der Waals surface area contributed by atoms with Crippen molar-refractivity contribution in [1.82, 2.24) is 15.0 Å². The minimum atomic E-state index is -4.37. The van der Waals surface area contributed by atoms with E-state index in [9.17, 15) is 13.2 Å². The zero-order valence-corrected chi connectivity index (χ0v) is 8.97. The van der Waals surface area contributed by atoms with Gasteiger partial charge in [0.1, 0.15) is 0 Å². The van der Waals surface area contributed by atoms with Crippen LogP contribution in [0.2, 0.25) is 0 Å². The average Bonchev–Trinajstić information content (AvgIpc) is 2.45. The standard InChI is InChI=1S/C9H14F3N3/c1-4-15-8(9(10,11)12)7(13-14-15)5-6(2)3/h6H,4-5H2,1-3H3. The van der Waals surface area contributed by atoms with Crippen LogP contribution in [0.4, 0.5) is 13.2 Å². The zero-order chi connectivity index (χ0) is 11.6. The van der Waals surface area contributed by atoms with Gasteiger partial charge in [-0.3, -0.25) is 0 Å². The summed E-state index contributed by atoms with van der Waals surface area (Å²) in [4.78, 5) is 0. The second-order valence-corrected chi connectivity index (χ2v) is 3.80. The molecule has 0 atom stereocenters. The lowest BCUT2D eigenvalue weighted by Gasteiger charge is -2.10. The molecule has 0 N–H and O–H groups in total. The molecule has 1 heterocycles. The van der Waals surface area contributed by atoms with Crippen LogP contribution in [0.5, 0.6) is 0 Å². The van der Waals surface area contributed by atoms with Gasteiger partial charge in [0.15, 0.2) is 5.69 Å². The summed E-state index contributed by atoms with van der Waals surface area (Å²) in [5.41, 5.74) is -0.668. The Kier molecular flexibility index (Phi) is 3.36. The molecule has 0 aliphatic rings. The van der Waals surface area contributed by atoms with Gasteiger partial charge in [0, 0.05) is 6.54 Å². The lowest BCUT2D eigenvalue weighted by molar-refractivity contribution is -0.144. The molecule has 86 valence electrons. The summed E-state index contributed by atoms with van der Waals surface area (Å²) >= 11 is 0. The first-order valence-corrected chi connectivity index (χ1v) is 4.85. The molecule has 0 aliphatic carbocycles. The Morgan fingerprint density at radius 3 is 2.33 bits per heavy atom. The van der Waals surface area contributed by atoms with Crippen LogP contribution in [-0.4, -0.2) is 15.0 Å². The molecular weight excluding hydrogens is 207 g/mol. The fourth-order valence-electron chi connectivity index (χ4n) is 1.40. The van der Waals surface area contributed by atoms with Crippen LogP contribution in [0.25, 0.3) is 0 Å². The van der Waals surface area contributed by atoms with Crippen LogP contribution in [0.3, 0.4) is 0 Å². The van der Waals surface area contributed by atoms with Gasteiger partial charge in [-0.15, -0.1) is 5.10 Å². The Hall–Kier alpha value is -1.07. The molecule has 3 nitrogen and oxygen atoms in total. The van der Waals surface area contributed by atoms with E-state index in [0.717, 1.165) is 4.68 Å². The highest BCUT2D eigenvalue weighted by atomic mass is 19.4. The molecule has 0 amide bonds. The summed E-state index contributed by atoms with van der Waals surface area (Å²) in [7, 11) is 0. The predicted octanol–water partition coefficient (Wildman–Crippen LogP) is 2.52. The number of halogens is 3. The van der Waals surface area contributed by atoms with Gasteiger partial charge in [0.25, 0.3) is 0 Å². The van der Waals surface area contributed by atoms with Crippen molar-refractivity contribution in [2.24, 2.45) is 5.92 Å². The molecule has 1 aromatic heterocycles. The molecular formula is C9H14F3N3. The van der Waals surface area contributed by atoms with E-state index in [0.29, 0.717) is 6.42 Å². The van der Waals surface area contributed by atoms with E-state index in [1.54, 1.807) is 6.92 Å². The summed E-state index contributed by atoms with van der Waals surface area (Å²) in [5.74, 6) is 0.133. The third-order valence-corrected chi connectivity index (χ3v) is 1.97. The Morgan fingerprint density at radius 1 is 1.33 bits per heavy atom. The molecule has 0 saturated heterocycles. The van der Waals surface area contributed by atoms with E-state index in [1.807, 2.05) is 13.8 Å². The van der Waals surface area contributed by atoms with Crippen LogP contribution >= 0.6 is 0 Å². The SMILES string of the molecule is CCn1nnc(CC(C)C)c1C(F)(F)F. The highest BCUT2D eigenvalue weighted by Gasteiger charge is 2.38. The predicted molar refractivity (Wildman–Crippen MR) is 49.2 cm³/mol. The Morgan fingerprint density at radius 2 is 1.93 bits per heavy atom. The van der Waals surface area contributed by atoms with E-state index in [2.05, 4.69) is 10.3 Å². The van der Waals surface area contributed by atoms with Crippen molar-refractivity contribution in [1.29, 1.82) is 0 Å². The summed E-state index contributed by atoms with van der Waals surface area (Å²) in [6.07, 6.45) is -4.07. The van der Waals surface area contributed by atoms with Crippen LogP contribution in [0.15, 0.2) is 0 Å². The zero-order valence-electron chi connectivity index (χ0n) is 8.97. The van der Waals surface area contributed by atoms with Gasteiger partial charge in [0.05, 0.1) is 5.69 Å². The van der Waals surface area contributed by atoms with E-state index in [-0.39, 0.29) is 18.2 Å². The molecule has 0 saturated carbocycles. The fourth-order valence-corrected chi connectivity index (χ4v) is 1.40. The average molecular weight is 221 g/mol. The first-order valence-electron chi connectivity index (χ1n) is 4.85. The monoisotopic (exact) mass is 221 g/mol. The highest BCUT2D eigenvalue weighted by Crippen LogP contribution is 2.31. The molecule has 15 heavy (non-hydrogen) atoms. The van der Waals surface area contributed by atoms with Gasteiger partial charge >= 0.3 is 6.18 Å². The van der Waals surface area contributed by atoms with E-state index >= 15 is 0 Å². The number of hydrogen-bond acceptors (Lipinski definition) is 2. The quantitative estimate of drug-likeness (QED) is 0.785. The first-order chi connectivity index (χ1) is 6.86. The topological polar surface area (TPSA) is 30.7 Å². The van der Waals surface area contributed by atoms with E-state index in [4.69, 9.17) is 0 Å². The Bertz CT molecular complexity index is 328. The van der Waals surface area contributed by atoms with Crippen molar-refractivity contribution in [2.45, 2.75) is 39.9 Å². The summed E-state index contributed by atoms with van der Waals surface area (Å²) < 4.78 is 38.9. The van der Waals surface area contributed by atoms with Crippen molar-refractivity contribution in [3.63, 3.8) is 0 Å². The lowest BCUT2D eigenvalue weighted by Crippen LogP contribution is -2.16. The minimum Gasteiger partial charge on any atom is -0.240 e. The number of aryl methyl sites for hydroxylation is 1. The number of alkyl halides is 3. The normalized spacial score (nSPS) is 12.5. The smallest absolute Gasteiger partial charge is 0.240 e. The summed E-state index contributed by atoms with van der Waals surface area (Å²) in [6.45, 7) is 5.50. The maximum absolute atomic E-state index is 12.7. The van der Waals surface area contributed by atoms with Crippen molar-refractivity contribution < 1.29 is 13.2 Å². The number of nitrogens with zero attached hydrogens (tertiary/aromatic N) is 3. The van der Waals surface area contributed by atoms with E-state index in [1.165, 1.54) is 0 Å². The molecule has 0 unspecified atom stereocenters. The van der Waals surface area contributed by atoms with Crippen molar-refractivity contribution in [3.8, 4) is 0 Å². The molecule has 1 rings (SSSR count). The van der Waals surface area contributed by atoms with E-state index < -0.39 is 11.9 Å². The van der Waals surface area contributed by atoms with Crippen LogP contribution in [0, 0.1) is 5.92 Å². The summed E-state index contributed by atoms with van der Waals surface area (Å²) in [6, 6.07) is 0.